The SMILES string of the molecule is CCCOC1(CN=C(N)N2CCN(c3nccs3)CC2)CCCCC1. The lowest BCUT2D eigenvalue weighted by Crippen LogP contribution is -2.51. The fraction of sp³-hybridized carbons (Fsp3) is 0.778. The summed E-state index contributed by atoms with van der Waals surface area (Å²) >= 11 is 1.69. The molecule has 3 rings (SSSR count). The van der Waals surface area contributed by atoms with Gasteiger partial charge < -0.3 is 20.3 Å². The number of nitrogens with zero attached hydrogens (tertiary/aromatic N) is 4. The number of aliphatic imine (C=N–C) groups is 1. The number of aromatic nitrogens is 1. The average molecular weight is 366 g/mol. The second kappa shape index (κ2) is 8.85. The molecule has 6 nitrogen and oxygen atoms in total. The second-order valence-electron chi connectivity index (χ2n) is 7.06. The van der Waals surface area contributed by atoms with Gasteiger partial charge in [0.1, 0.15) is 0 Å². The molecule has 1 aliphatic heterocycles. The minimum atomic E-state index is -0.0818. The van der Waals surface area contributed by atoms with Crippen molar-refractivity contribution in [1.29, 1.82) is 0 Å². The molecule has 0 bridgehead atoms. The number of piperazine rings is 1. The molecule has 1 aromatic rings. The summed E-state index contributed by atoms with van der Waals surface area (Å²) in [6, 6.07) is 0. The van der Waals surface area contributed by atoms with Gasteiger partial charge in [0.2, 0.25) is 0 Å². The van der Waals surface area contributed by atoms with Gasteiger partial charge in [0, 0.05) is 44.4 Å². The molecular formula is C18H31N5OS. The first kappa shape index (κ1) is 18.5. The Morgan fingerprint density at radius 3 is 2.68 bits per heavy atom. The number of rotatable bonds is 6. The summed E-state index contributed by atoms with van der Waals surface area (Å²) in [5.74, 6) is 0.670. The van der Waals surface area contributed by atoms with Crippen LogP contribution in [-0.4, -0.2) is 60.8 Å². The van der Waals surface area contributed by atoms with Gasteiger partial charge in [-0.1, -0.05) is 26.2 Å². The highest BCUT2D eigenvalue weighted by atomic mass is 32.1. The Labute approximate surface area is 155 Å². The topological polar surface area (TPSA) is 67.0 Å². The molecule has 140 valence electrons. The van der Waals surface area contributed by atoms with Crippen LogP contribution in [-0.2, 0) is 4.74 Å². The van der Waals surface area contributed by atoms with E-state index in [1.54, 1.807) is 11.3 Å². The first-order chi connectivity index (χ1) is 12.2. The van der Waals surface area contributed by atoms with E-state index < -0.39 is 0 Å². The van der Waals surface area contributed by atoms with Crippen molar-refractivity contribution >= 4 is 22.4 Å². The van der Waals surface area contributed by atoms with E-state index in [0.29, 0.717) is 12.5 Å². The average Bonchev–Trinajstić information content (AvgIpc) is 3.20. The van der Waals surface area contributed by atoms with E-state index in [1.165, 1.54) is 19.3 Å². The maximum atomic E-state index is 6.31. The fourth-order valence-corrected chi connectivity index (χ4v) is 4.38. The van der Waals surface area contributed by atoms with Gasteiger partial charge in [0.25, 0.3) is 0 Å². The first-order valence-electron chi connectivity index (χ1n) is 9.56. The Morgan fingerprint density at radius 2 is 2.04 bits per heavy atom. The number of nitrogens with two attached hydrogens (primary N) is 1. The van der Waals surface area contributed by atoms with E-state index >= 15 is 0 Å². The monoisotopic (exact) mass is 365 g/mol. The van der Waals surface area contributed by atoms with Gasteiger partial charge in [-0.15, -0.1) is 11.3 Å². The van der Waals surface area contributed by atoms with Crippen LogP contribution >= 0.6 is 11.3 Å². The van der Waals surface area contributed by atoms with Crippen molar-refractivity contribution in [3.63, 3.8) is 0 Å². The zero-order chi connectivity index (χ0) is 17.5. The van der Waals surface area contributed by atoms with Gasteiger partial charge in [-0.3, -0.25) is 4.99 Å². The van der Waals surface area contributed by atoms with Crippen molar-refractivity contribution in [3.05, 3.63) is 11.6 Å². The molecule has 2 fully saturated rings. The third kappa shape index (κ3) is 4.85. The van der Waals surface area contributed by atoms with Gasteiger partial charge in [-0.25, -0.2) is 4.98 Å². The van der Waals surface area contributed by atoms with E-state index in [1.807, 2.05) is 11.6 Å². The molecule has 25 heavy (non-hydrogen) atoms. The Balaban J connectivity index is 1.53. The van der Waals surface area contributed by atoms with E-state index in [2.05, 4.69) is 21.7 Å². The van der Waals surface area contributed by atoms with E-state index in [0.717, 1.165) is 57.2 Å². The fourth-order valence-electron chi connectivity index (χ4n) is 3.69. The van der Waals surface area contributed by atoms with Crippen molar-refractivity contribution in [2.45, 2.75) is 51.0 Å². The molecule has 1 saturated carbocycles. The first-order valence-corrected chi connectivity index (χ1v) is 10.4. The van der Waals surface area contributed by atoms with Gasteiger partial charge in [-0.05, 0) is 19.3 Å². The molecular weight excluding hydrogens is 334 g/mol. The molecule has 1 saturated heterocycles. The molecule has 1 aromatic heterocycles. The van der Waals surface area contributed by atoms with Crippen molar-refractivity contribution in [2.75, 3.05) is 44.2 Å². The molecule has 0 amide bonds. The Hall–Kier alpha value is -1.34. The standard InChI is InChI=1S/C18H31N5OS/c1-2-13-24-18(6-4-3-5-7-18)15-21-16(19)22-9-11-23(12-10-22)17-20-8-14-25-17/h8,14H,2-7,9-13,15H2,1H3,(H2,19,21). The third-order valence-electron chi connectivity index (χ3n) is 5.20. The maximum Gasteiger partial charge on any atom is 0.191 e. The predicted octanol–water partition coefficient (Wildman–Crippen LogP) is 2.71. The van der Waals surface area contributed by atoms with Crippen LogP contribution in [0.25, 0.3) is 0 Å². The lowest BCUT2D eigenvalue weighted by molar-refractivity contribution is -0.0625. The number of hydrogen-bond acceptors (Lipinski definition) is 5. The van der Waals surface area contributed by atoms with Crippen LogP contribution in [0.4, 0.5) is 5.13 Å². The zero-order valence-electron chi connectivity index (χ0n) is 15.3. The van der Waals surface area contributed by atoms with E-state index in [4.69, 9.17) is 15.5 Å². The Kier molecular flexibility index (Phi) is 6.53. The Bertz CT molecular complexity index is 534. The smallest absolute Gasteiger partial charge is 0.191 e. The van der Waals surface area contributed by atoms with Crippen LogP contribution in [0, 0.1) is 0 Å². The van der Waals surface area contributed by atoms with E-state index in [-0.39, 0.29) is 5.60 Å². The molecule has 7 heteroatoms. The minimum absolute atomic E-state index is 0.0818. The Morgan fingerprint density at radius 1 is 1.28 bits per heavy atom. The van der Waals surface area contributed by atoms with Crippen LogP contribution in [0.15, 0.2) is 16.6 Å². The molecule has 0 radical (unpaired) electrons. The van der Waals surface area contributed by atoms with Crippen molar-refractivity contribution in [3.8, 4) is 0 Å². The highest BCUT2D eigenvalue weighted by Crippen LogP contribution is 2.32. The zero-order valence-corrected chi connectivity index (χ0v) is 16.1. The van der Waals surface area contributed by atoms with Crippen LogP contribution in [0.1, 0.15) is 45.4 Å². The highest BCUT2D eigenvalue weighted by Gasteiger charge is 2.33. The largest absolute Gasteiger partial charge is 0.373 e. The molecule has 0 atom stereocenters. The normalized spacial score (nSPS) is 21.6. The maximum absolute atomic E-state index is 6.31. The molecule has 0 unspecified atom stereocenters. The predicted molar refractivity (Wildman–Crippen MR) is 104 cm³/mol. The van der Waals surface area contributed by atoms with Gasteiger partial charge in [0.05, 0.1) is 12.1 Å². The molecule has 1 aliphatic carbocycles. The number of thiazole rings is 1. The number of hydrogen-bond donors (Lipinski definition) is 1. The highest BCUT2D eigenvalue weighted by molar-refractivity contribution is 7.13. The summed E-state index contributed by atoms with van der Waals surface area (Å²) in [5.41, 5.74) is 6.22. The second-order valence-corrected chi connectivity index (χ2v) is 7.93. The van der Waals surface area contributed by atoms with Gasteiger partial charge in [-0.2, -0.15) is 0 Å². The van der Waals surface area contributed by atoms with Gasteiger partial charge >= 0.3 is 0 Å². The molecule has 2 N–H and O–H groups in total. The van der Waals surface area contributed by atoms with E-state index in [9.17, 15) is 0 Å². The molecule has 0 spiro atoms. The van der Waals surface area contributed by atoms with Crippen LogP contribution in [0.2, 0.25) is 0 Å². The molecule has 2 heterocycles. The summed E-state index contributed by atoms with van der Waals surface area (Å²) < 4.78 is 6.23. The third-order valence-corrected chi connectivity index (χ3v) is 6.03. The van der Waals surface area contributed by atoms with Gasteiger partial charge in [0.15, 0.2) is 11.1 Å². The lowest BCUT2D eigenvalue weighted by atomic mass is 9.84. The van der Waals surface area contributed by atoms with Crippen LogP contribution in [0.3, 0.4) is 0 Å². The summed E-state index contributed by atoms with van der Waals surface area (Å²) in [6.45, 7) is 7.38. The minimum Gasteiger partial charge on any atom is -0.373 e. The number of ether oxygens (including phenoxy) is 1. The lowest BCUT2D eigenvalue weighted by Gasteiger charge is -2.37. The number of anilines is 1. The van der Waals surface area contributed by atoms with Crippen molar-refractivity contribution in [1.82, 2.24) is 9.88 Å². The van der Waals surface area contributed by atoms with Crippen LogP contribution < -0.4 is 10.6 Å². The van der Waals surface area contributed by atoms with Crippen molar-refractivity contribution in [2.24, 2.45) is 10.7 Å². The van der Waals surface area contributed by atoms with Crippen molar-refractivity contribution < 1.29 is 4.74 Å². The quantitative estimate of drug-likeness (QED) is 0.620. The molecule has 0 aromatic carbocycles. The summed E-state index contributed by atoms with van der Waals surface area (Å²) in [7, 11) is 0. The summed E-state index contributed by atoms with van der Waals surface area (Å²) in [5, 5.41) is 3.13. The molecule has 2 aliphatic rings. The summed E-state index contributed by atoms with van der Waals surface area (Å²) in [6.07, 6.45) is 8.94. The van der Waals surface area contributed by atoms with Crippen LogP contribution in [0.5, 0.6) is 0 Å². The summed E-state index contributed by atoms with van der Waals surface area (Å²) in [4.78, 5) is 13.7. The number of guanidine groups is 1.